The number of aliphatic hydroxyl groups is 2. The number of ether oxygens (including phenoxy) is 4. The average molecular weight is 1450 g/mol. The molecule has 8 N–H and O–H groups in total. The zero-order chi connectivity index (χ0) is 72.8. The predicted molar refractivity (Wildman–Crippen MR) is 306 cm³/mol. The molecule has 6 aliphatic rings. The molecule has 3 aliphatic carbocycles. The Bertz CT molecular complexity index is 3930. The van der Waals surface area contributed by atoms with Gasteiger partial charge in [0.2, 0.25) is 34.4 Å². The third kappa shape index (κ3) is 15.1. The van der Waals surface area contributed by atoms with E-state index >= 15 is 0 Å². The number of aromatic nitrogens is 9. The number of benzene rings is 1. The van der Waals surface area contributed by atoms with Crippen molar-refractivity contribution < 1.29 is 121 Å². The van der Waals surface area contributed by atoms with E-state index < -0.39 is 195 Å². The first-order valence-corrected chi connectivity index (χ1v) is 30.9. The molecule has 100 heavy (non-hydrogen) atoms. The van der Waals surface area contributed by atoms with Gasteiger partial charge in [-0.3, -0.25) is 0 Å². The maximum Gasteiger partial charge on any atom is 0.426 e. The van der Waals surface area contributed by atoms with E-state index in [0.717, 1.165) is 0 Å². The minimum atomic E-state index is -5.11. The van der Waals surface area contributed by atoms with E-state index in [4.69, 9.17) is 49.4 Å². The molecule has 7 aromatic rings. The second kappa shape index (κ2) is 26.2. The number of hydrogen-bond donors (Lipinski definition) is 5. The quantitative estimate of drug-likeness (QED) is 0.103. The van der Waals surface area contributed by atoms with E-state index in [1.165, 1.54) is 0 Å². The molecule has 12 bridgehead atoms. The van der Waals surface area contributed by atoms with Gasteiger partial charge >= 0.3 is 37.1 Å². The van der Waals surface area contributed by atoms with Gasteiger partial charge < -0.3 is 59.6 Å². The Labute approximate surface area is 552 Å². The molecule has 1 aromatic carbocycles. The Morgan fingerprint density at radius 3 is 1.07 bits per heavy atom. The molecular formula is C61H60F18N12O9. The molecular weight excluding hydrogens is 1390 g/mol. The van der Waals surface area contributed by atoms with Crippen molar-refractivity contribution in [1.82, 2.24) is 45.5 Å². The zero-order valence-electron chi connectivity index (χ0n) is 52.3. The molecule has 3 aliphatic heterocycles. The highest BCUT2D eigenvalue weighted by molar-refractivity contribution is 5.70. The first-order valence-electron chi connectivity index (χ1n) is 30.9. The molecule has 13 rings (SSSR count). The van der Waals surface area contributed by atoms with E-state index in [2.05, 4.69) is 45.5 Å². The molecule has 544 valence electrons. The fourth-order valence-corrected chi connectivity index (χ4v) is 12.5. The molecule has 0 saturated heterocycles. The van der Waals surface area contributed by atoms with Gasteiger partial charge in [-0.15, -0.1) is 30.6 Å². The van der Waals surface area contributed by atoms with Crippen molar-refractivity contribution >= 4 is 17.1 Å². The normalized spacial score (nSPS) is 27.7. The Kier molecular flexibility index (Phi) is 19.0. The maximum atomic E-state index is 14.8. The summed E-state index contributed by atoms with van der Waals surface area (Å²) in [5.74, 6) is -7.84. The molecule has 21 nitrogen and oxygen atoms in total. The third-order valence-electron chi connectivity index (χ3n) is 18.3. The van der Waals surface area contributed by atoms with Gasteiger partial charge in [-0.05, 0) is 157 Å². The van der Waals surface area contributed by atoms with Crippen LogP contribution in [0.25, 0.3) is 34.8 Å². The SMILES string of the molecule is C[C@@H]1CC2CC2CC[C@](O)(C(F)(F)F)c2nnc(o2)-c2nc(c(C(F)(F)F)cc2N)O1.C[C@@H]1CC2CC2CC[C@](O)(C(F)(F)F)c2nnc(o2)-c2nc(c(C(F)(F)F)cc2N)O1.C[C@@H]1CC2CC2CC[C@](OCc2ccccc2)(C(F)(F)F)c2nnc(o2)-c2nc(c(C(F)(F)F)cc2N)O1. The number of nitrogen functional groups attached to an aromatic ring is 3. The van der Waals surface area contributed by atoms with Crippen molar-refractivity contribution in [2.45, 2.75) is 177 Å². The lowest BCUT2D eigenvalue weighted by Crippen LogP contribution is -2.45. The van der Waals surface area contributed by atoms with Gasteiger partial charge in [-0.25, -0.2) is 15.0 Å². The molecule has 0 amide bonds. The molecule has 9 heterocycles. The fourth-order valence-electron chi connectivity index (χ4n) is 12.5. The standard InChI is InChI=1S/C25H24F6N4O3.2C18H18F6N4O3/c1-13-9-16-10-15(16)7-8-23(25(29,30)31,36-12-14-5-3-2-4-6-14)22-35-34-21(38-22)19-18(32)11-17(24(26,27)28)20(33-19)37-13;2*1-7-4-9-5-8(9)2-3-16(29,18(22,23)24)15-28-27-14(31-15)12-11(25)6-10(17(19,20)21)13(26-12)30-7/h2-6,11,13,15-16H,7-10,12,32H2,1H3;2*6-9,29H,2-5,25H2,1H3/t13-,15?,16?,23-;2*7-,8?,9?,16-/m111/s1. The lowest BCUT2D eigenvalue weighted by molar-refractivity contribution is -0.300. The van der Waals surface area contributed by atoms with Crippen LogP contribution >= 0.6 is 0 Å². The van der Waals surface area contributed by atoms with E-state index in [1.807, 2.05) is 0 Å². The monoisotopic (exact) mass is 1450 g/mol. The van der Waals surface area contributed by atoms with E-state index in [1.54, 1.807) is 51.1 Å². The van der Waals surface area contributed by atoms with Crippen molar-refractivity contribution in [2.75, 3.05) is 17.2 Å². The number of hydrogen-bond acceptors (Lipinski definition) is 21. The van der Waals surface area contributed by atoms with Crippen LogP contribution in [-0.2, 0) is 46.7 Å². The van der Waals surface area contributed by atoms with Crippen LogP contribution in [-0.4, -0.2) is 92.6 Å². The molecule has 3 saturated carbocycles. The number of rotatable bonds is 3. The van der Waals surface area contributed by atoms with Gasteiger partial charge in [0.15, 0.2) is 17.1 Å². The number of anilines is 3. The first-order chi connectivity index (χ1) is 46.5. The van der Waals surface area contributed by atoms with E-state index in [0.29, 0.717) is 62.3 Å². The van der Waals surface area contributed by atoms with Crippen molar-refractivity contribution in [2.24, 2.45) is 35.5 Å². The number of pyridine rings is 3. The predicted octanol–water partition coefficient (Wildman–Crippen LogP) is 14.4. The Morgan fingerprint density at radius 2 is 0.750 bits per heavy atom. The largest absolute Gasteiger partial charge is 0.474 e. The van der Waals surface area contributed by atoms with Crippen molar-refractivity contribution in [3.8, 4) is 52.4 Å². The fraction of sp³-hybridized carbons (Fsp3) is 0.557. The summed E-state index contributed by atoms with van der Waals surface area (Å²) >= 11 is 0. The number of alkyl halides is 18. The minimum Gasteiger partial charge on any atom is -0.474 e. The van der Waals surface area contributed by atoms with E-state index in [9.17, 15) is 89.2 Å². The molecule has 6 aromatic heterocycles. The van der Waals surface area contributed by atoms with Crippen molar-refractivity contribution in [3.05, 3.63) is 88.5 Å². The summed E-state index contributed by atoms with van der Waals surface area (Å²) in [6, 6.07) is 10.0. The van der Waals surface area contributed by atoms with Gasteiger partial charge in [0.1, 0.15) is 16.7 Å². The molecule has 3 fully saturated rings. The number of halogens is 18. The van der Waals surface area contributed by atoms with Crippen LogP contribution in [0.15, 0.2) is 61.8 Å². The Hall–Kier alpha value is -8.49. The highest BCUT2D eigenvalue weighted by Gasteiger charge is 2.64. The van der Waals surface area contributed by atoms with Crippen LogP contribution in [0, 0.1) is 35.5 Å². The molecule has 12 atom stereocenters. The van der Waals surface area contributed by atoms with Crippen LogP contribution < -0.4 is 31.4 Å². The van der Waals surface area contributed by atoms with Gasteiger partial charge in [-0.1, -0.05) is 30.3 Å². The van der Waals surface area contributed by atoms with Gasteiger partial charge in [0.05, 0.1) is 42.0 Å². The summed E-state index contributed by atoms with van der Waals surface area (Å²) in [4.78, 5) is 11.4. The smallest absolute Gasteiger partial charge is 0.426 e. The second-order valence-corrected chi connectivity index (χ2v) is 25.8. The van der Waals surface area contributed by atoms with Gasteiger partial charge in [0.25, 0.3) is 35.3 Å². The summed E-state index contributed by atoms with van der Waals surface area (Å²) in [7, 11) is 0. The molecule has 6 unspecified atom stereocenters. The summed E-state index contributed by atoms with van der Waals surface area (Å²) in [6.45, 7) is 4.31. The Morgan fingerprint density at radius 1 is 0.430 bits per heavy atom. The topological polar surface area (TPSA) is 311 Å². The lowest BCUT2D eigenvalue weighted by atomic mass is 9.93. The number of fused-ring (bicyclic) bond motifs is 18. The van der Waals surface area contributed by atoms with Crippen LogP contribution in [0.5, 0.6) is 17.6 Å². The van der Waals surface area contributed by atoms with Crippen molar-refractivity contribution in [3.63, 3.8) is 0 Å². The Balaban J connectivity index is 0.000000152. The maximum absolute atomic E-state index is 14.8. The number of nitrogens with zero attached hydrogens (tertiary/aromatic N) is 9. The van der Waals surface area contributed by atoms with Crippen LogP contribution in [0.3, 0.4) is 0 Å². The van der Waals surface area contributed by atoms with Crippen LogP contribution in [0.2, 0.25) is 0 Å². The van der Waals surface area contributed by atoms with Gasteiger partial charge in [-0.2, -0.15) is 79.0 Å². The van der Waals surface area contributed by atoms with Crippen LogP contribution in [0.4, 0.5) is 96.1 Å². The summed E-state index contributed by atoms with van der Waals surface area (Å²) in [5.41, 5.74) is 1.25. The van der Waals surface area contributed by atoms with Gasteiger partial charge in [0, 0.05) is 0 Å². The zero-order valence-corrected chi connectivity index (χ0v) is 52.3. The summed E-state index contributed by atoms with van der Waals surface area (Å²) in [6.07, 6.45) is -30.7. The minimum absolute atomic E-state index is 0.0184. The van der Waals surface area contributed by atoms with E-state index in [-0.39, 0.29) is 61.4 Å². The highest BCUT2D eigenvalue weighted by Crippen LogP contribution is 2.56. The molecule has 0 radical (unpaired) electrons. The number of nitrogens with two attached hydrogens (primary N) is 3. The molecule has 0 spiro atoms. The first kappa shape index (κ1) is 72.8. The third-order valence-corrected chi connectivity index (χ3v) is 18.3. The summed E-state index contributed by atoms with van der Waals surface area (Å²) < 4.78 is 286. The van der Waals surface area contributed by atoms with Crippen LogP contribution in [0.1, 0.15) is 138 Å². The average Bonchev–Trinajstić information content (AvgIpc) is 1.35. The molecule has 39 heteroatoms. The second-order valence-electron chi connectivity index (χ2n) is 25.8. The lowest BCUT2D eigenvalue weighted by Gasteiger charge is -2.33. The van der Waals surface area contributed by atoms with Crippen molar-refractivity contribution in [1.29, 1.82) is 0 Å². The highest BCUT2D eigenvalue weighted by atomic mass is 19.4. The summed E-state index contributed by atoms with van der Waals surface area (Å²) in [5, 5.41) is 41.6.